The second-order valence-corrected chi connectivity index (χ2v) is 2.89. The molecule has 0 aliphatic rings. The molecule has 4 heteroatoms. The number of nitrogens with two attached hydrogens (primary N) is 1. The number of fused-ring (bicyclic) bond motifs is 1. The van der Waals surface area contributed by atoms with Crippen LogP contribution in [0.1, 0.15) is 6.92 Å². The van der Waals surface area contributed by atoms with E-state index in [0.717, 1.165) is 11.0 Å². The van der Waals surface area contributed by atoms with Gasteiger partial charge in [-0.05, 0) is 19.1 Å². The lowest BCUT2D eigenvalue weighted by Gasteiger charge is -1.94. The SMILES string of the molecule is CCn1c(=O)n(N)c2ccccc21. The largest absolute Gasteiger partial charge is 0.347 e. The van der Waals surface area contributed by atoms with Crippen LogP contribution in [0.5, 0.6) is 0 Å². The lowest BCUT2D eigenvalue weighted by Crippen LogP contribution is -2.28. The Morgan fingerprint density at radius 1 is 1.31 bits per heavy atom. The standard InChI is InChI=1S/C9H11N3O/c1-2-11-7-5-3-4-6-8(7)12(10)9(11)13/h3-6H,2,10H2,1H3. The number of nitrogens with zero attached hydrogens (tertiary/aromatic N) is 2. The normalized spacial score (nSPS) is 10.8. The van der Waals surface area contributed by atoms with E-state index in [1.165, 1.54) is 4.68 Å². The van der Waals surface area contributed by atoms with Gasteiger partial charge in [0.05, 0.1) is 11.0 Å². The molecule has 68 valence electrons. The zero-order valence-electron chi connectivity index (χ0n) is 7.40. The second kappa shape index (κ2) is 2.65. The van der Waals surface area contributed by atoms with Gasteiger partial charge in [0.15, 0.2) is 0 Å². The minimum Gasteiger partial charge on any atom is -0.335 e. The van der Waals surface area contributed by atoms with Crippen molar-refractivity contribution >= 4 is 11.0 Å². The number of para-hydroxylation sites is 2. The number of rotatable bonds is 1. The van der Waals surface area contributed by atoms with Gasteiger partial charge >= 0.3 is 5.69 Å². The predicted molar refractivity (Wildman–Crippen MR) is 52.0 cm³/mol. The number of benzene rings is 1. The maximum atomic E-state index is 11.5. The first-order valence-electron chi connectivity index (χ1n) is 4.21. The third kappa shape index (κ3) is 0.950. The first kappa shape index (κ1) is 7.91. The molecule has 0 fully saturated rings. The molecule has 1 heterocycles. The lowest BCUT2D eigenvalue weighted by atomic mass is 10.3. The summed E-state index contributed by atoms with van der Waals surface area (Å²) in [6.45, 7) is 2.57. The molecule has 1 aromatic heterocycles. The van der Waals surface area contributed by atoms with Gasteiger partial charge in [0.1, 0.15) is 0 Å². The van der Waals surface area contributed by atoms with E-state index in [1.54, 1.807) is 4.57 Å². The molecule has 0 aliphatic heterocycles. The van der Waals surface area contributed by atoms with Gasteiger partial charge in [-0.1, -0.05) is 12.1 Å². The molecular weight excluding hydrogens is 166 g/mol. The van der Waals surface area contributed by atoms with Crippen molar-refractivity contribution in [2.75, 3.05) is 5.84 Å². The van der Waals surface area contributed by atoms with Crippen LogP contribution < -0.4 is 11.5 Å². The van der Waals surface area contributed by atoms with Crippen LogP contribution >= 0.6 is 0 Å². The zero-order valence-corrected chi connectivity index (χ0v) is 7.40. The first-order chi connectivity index (χ1) is 6.25. The van der Waals surface area contributed by atoms with E-state index in [0.29, 0.717) is 6.54 Å². The maximum absolute atomic E-state index is 11.5. The van der Waals surface area contributed by atoms with Gasteiger partial charge in [0.2, 0.25) is 0 Å². The van der Waals surface area contributed by atoms with Crippen LogP contribution in [0.2, 0.25) is 0 Å². The van der Waals surface area contributed by atoms with Gasteiger partial charge in [-0.3, -0.25) is 4.57 Å². The summed E-state index contributed by atoms with van der Waals surface area (Å²) in [5.74, 6) is 5.60. The average Bonchev–Trinajstić information content (AvgIpc) is 2.41. The number of hydrogen-bond acceptors (Lipinski definition) is 2. The first-order valence-corrected chi connectivity index (χ1v) is 4.21. The van der Waals surface area contributed by atoms with Crippen LogP contribution in [0.4, 0.5) is 0 Å². The van der Waals surface area contributed by atoms with Gasteiger partial charge < -0.3 is 5.84 Å². The van der Waals surface area contributed by atoms with Crippen molar-refractivity contribution in [3.05, 3.63) is 34.7 Å². The molecule has 0 atom stereocenters. The van der Waals surface area contributed by atoms with Crippen LogP contribution in [-0.4, -0.2) is 9.24 Å². The minimum absolute atomic E-state index is 0.163. The molecule has 0 saturated carbocycles. The summed E-state index contributed by atoms with van der Waals surface area (Å²) in [6.07, 6.45) is 0. The number of aryl methyl sites for hydroxylation is 1. The highest BCUT2D eigenvalue weighted by Gasteiger charge is 2.07. The van der Waals surface area contributed by atoms with Crippen molar-refractivity contribution in [3.8, 4) is 0 Å². The Labute approximate surface area is 75.2 Å². The molecule has 13 heavy (non-hydrogen) atoms. The summed E-state index contributed by atoms with van der Waals surface area (Å²) >= 11 is 0. The van der Waals surface area contributed by atoms with Gasteiger partial charge in [-0.25, -0.2) is 9.47 Å². The Balaban J connectivity index is 2.98. The molecule has 2 N–H and O–H groups in total. The van der Waals surface area contributed by atoms with E-state index in [1.807, 2.05) is 31.2 Å². The second-order valence-electron chi connectivity index (χ2n) is 2.89. The molecule has 0 spiro atoms. The number of aromatic nitrogens is 2. The molecule has 0 radical (unpaired) electrons. The average molecular weight is 177 g/mol. The molecule has 4 nitrogen and oxygen atoms in total. The quantitative estimate of drug-likeness (QED) is 0.646. The van der Waals surface area contributed by atoms with Gasteiger partial charge in [0.25, 0.3) is 0 Å². The Bertz CT molecular complexity index is 495. The molecule has 0 saturated heterocycles. The number of nitrogen functional groups attached to an aromatic ring is 1. The Hall–Kier alpha value is -1.71. The zero-order chi connectivity index (χ0) is 9.42. The molecule has 0 unspecified atom stereocenters. The highest BCUT2D eigenvalue weighted by Crippen LogP contribution is 2.09. The molecule has 0 amide bonds. The predicted octanol–water partition coefficient (Wildman–Crippen LogP) is 0.537. The molecule has 0 bridgehead atoms. The van der Waals surface area contributed by atoms with E-state index in [9.17, 15) is 4.79 Å². The fourth-order valence-corrected chi connectivity index (χ4v) is 1.54. The van der Waals surface area contributed by atoms with Gasteiger partial charge in [-0.15, -0.1) is 0 Å². The summed E-state index contributed by atoms with van der Waals surface area (Å²) in [4.78, 5) is 11.5. The van der Waals surface area contributed by atoms with E-state index in [2.05, 4.69) is 0 Å². The fourth-order valence-electron chi connectivity index (χ4n) is 1.54. The summed E-state index contributed by atoms with van der Waals surface area (Å²) in [5.41, 5.74) is 1.50. The van der Waals surface area contributed by atoms with Gasteiger partial charge in [-0.2, -0.15) is 0 Å². The van der Waals surface area contributed by atoms with E-state index in [-0.39, 0.29) is 5.69 Å². The third-order valence-electron chi connectivity index (χ3n) is 2.19. The molecular formula is C9H11N3O. The highest BCUT2D eigenvalue weighted by molar-refractivity contribution is 5.75. The number of hydrogen-bond donors (Lipinski definition) is 1. The fraction of sp³-hybridized carbons (Fsp3) is 0.222. The van der Waals surface area contributed by atoms with Crippen LogP contribution in [0.3, 0.4) is 0 Å². The van der Waals surface area contributed by atoms with Crippen LogP contribution in [0.25, 0.3) is 11.0 Å². The van der Waals surface area contributed by atoms with Crippen molar-refractivity contribution in [1.82, 2.24) is 9.24 Å². The van der Waals surface area contributed by atoms with Crippen molar-refractivity contribution in [1.29, 1.82) is 0 Å². The smallest absolute Gasteiger partial charge is 0.335 e. The summed E-state index contributed by atoms with van der Waals surface area (Å²) in [7, 11) is 0. The minimum atomic E-state index is -0.163. The monoisotopic (exact) mass is 177 g/mol. The van der Waals surface area contributed by atoms with Crippen molar-refractivity contribution < 1.29 is 0 Å². The summed E-state index contributed by atoms with van der Waals surface area (Å²) in [5, 5.41) is 0. The van der Waals surface area contributed by atoms with Crippen LogP contribution in [-0.2, 0) is 6.54 Å². The topological polar surface area (TPSA) is 53.0 Å². The van der Waals surface area contributed by atoms with E-state index >= 15 is 0 Å². The van der Waals surface area contributed by atoms with E-state index in [4.69, 9.17) is 5.84 Å². The molecule has 2 rings (SSSR count). The van der Waals surface area contributed by atoms with Crippen LogP contribution in [0, 0.1) is 0 Å². The third-order valence-corrected chi connectivity index (χ3v) is 2.19. The lowest BCUT2D eigenvalue weighted by molar-refractivity contribution is 0.726. The van der Waals surface area contributed by atoms with Crippen LogP contribution in [0.15, 0.2) is 29.1 Å². The van der Waals surface area contributed by atoms with E-state index < -0.39 is 0 Å². The van der Waals surface area contributed by atoms with Gasteiger partial charge in [0, 0.05) is 6.54 Å². The Kier molecular flexibility index (Phi) is 1.62. The summed E-state index contributed by atoms with van der Waals surface area (Å²) < 4.78 is 2.83. The van der Waals surface area contributed by atoms with Crippen molar-refractivity contribution in [2.45, 2.75) is 13.5 Å². The molecule has 2 aromatic rings. The Morgan fingerprint density at radius 2 is 1.92 bits per heavy atom. The molecule has 1 aromatic carbocycles. The Morgan fingerprint density at radius 3 is 2.54 bits per heavy atom. The van der Waals surface area contributed by atoms with Crippen molar-refractivity contribution in [2.24, 2.45) is 0 Å². The van der Waals surface area contributed by atoms with Crippen molar-refractivity contribution in [3.63, 3.8) is 0 Å². The molecule has 0 aliphatic carbocycles. The highest BCUT2D eigenvalue weighted by atomic mass is 16.2. The summed E-state index contributed by atoms with van der Waals surface area (Å²) in [6, 6.07) is 7.49. The maximum Gasteiger partial charge on any atom is 0.347 e. The number of imidazole rings is 1.